The molecule has 0 radical (unpaired) electrons. The minimum absolute atomic E-state index is 0.241. The number of aliphatic carboxylic acids is 1. The second-order valence-electron chi connectivity index (χ2n) is 7.38. The van der Waals surface area contributed by atoms with Crippen LogP contribution in [0, 0.1) is 19.8 Å². The number of nitrogens with zero attached hydrogens (tertiary/aromatic N) is 3. The van der Waals surface area contributed by atoms with Gasteiger partial charge in [0.15, 0.2) is 12.4 Å². The van der Waals surface area contributed by atoms with Gasteiger partial charge in [0, 0.05) is 32.2 Å². The lowest BCUT2D eigenvalue weighted by atomic mass is 10.1. The van der Waals surface area contributed by atoms with Crippen LogP contribution in [0.15, 0.2) is 23.3 Å². The molecule has 0 spiro atoms. The Kier molecular flexibility index (Phi) is 9.45. The number of carbonyl (C=O) groups is 1. The lowest BCUT2D eigenvalue weighted by Crippen LogP contribution is -2.25. The molecule has 0 aromatic carbocycles. The van der Waals surface area contributed by atoms with Crippen LogP contribution in [0.2, 0.25) is 0 Å². The van der Waals surface area contributed by atoms with E-state index in [-0.39, 0.29) is 11.4 Å². The van der Waals surface area contributed by atoms with E-state index in [2.05, 4.69) is 29.1 Å². The van der Waals surface area contributed by atoms with Crippen LogP contribution >= 0.6 is 0 Å². The molecule has 2 rings (SSSR count). The second kappa shape index (κ2) is 12.0. The van der Waals surface area contributed by atoms with Crippen molar-refractivity contribution in [3.63, 3.8) is 0 Å². The molecule has 170 valence electrons. The Bertz CT molecular complexity index is 901. The lowest BCUT2D eigenvalue weighted by Gasteiger charge is -2.14. The van der Waals surface area contributed by atoms with Gasteiger partial charge in [0.25, 0.3) is 5.56 Å². The van der Waals surface area contributed by atoms with Gasteiger partial charge in [-0.05, 0) is 37.8 Å². The first-order chi connectivity index (χ1) is 14.9. The fraction of sp³-hybridized carbons (Fsp3) is 0.545. The molecule has 0 fully saturated rings. The third-order valence-corrected chi connectivity index (χ3v) is 5.01. The summed E-state index contributed by atoms with van der Waals surface area (Å²) in [5.74, 6) is 0.591. The molecule has 2 heterocycles. The van der Waals surface area contributed by atoms with E-state index in [1.807, 2.05) is 0 Å². The first kappa shape index (κ1) is 24.3. The number of nitrogens with one attached hydrogen (secondary N) is 1. The van der Waals surface area contributed by atoms with Gasteiger partial charge in [0.2, 0.25) is 0 Å². The van der Waals surface area contributed by atoms with Crippen molar-refractivity contribution in [1.82, 2.24) is 14.5 Å². The fourth-order valence-corrected chi connectivity index (χ4v) is 3.14. The summed E-state index contributed by atoms with van der Waals surface area (Å²) in [4.78, 5) is 32.1. The molecule has 0 amide bonds. The van der Waals surface area contributed by atoms with Crippen molar-refractivity contribution in [3.8, 4) is 11.6 Å². The number of hydrogen-bond donors (Lipinski definition) is 2. The second-order valence-corrected chi connectivity index (χ2v) is 7.38. The maximum absolute atomic E-state index is 12.8. The van der Waals surface area contributed by atoms with Crippen molar-refractivity contribution in [2.45, 2.75) is 47.0 Å². The van der Waals surface area contributed by atoms with Crippen molar-refractivity contribution in [2.24, 2.45) is 5.92 Å². The topological polar surface area (TPSA) is 116 Å². The van der Waals surface area contributed by atoms with Crippen molar-refractivity contribution >= 4 is 11.8 Å². The van der Waals surface area contributed by atoms with Gasteiger partial charge in [-0.2, -0.15) is 0 Å². The van der Waals surface area contributed by atoms with Gasteiger partial charge < -0.3 is 19.9 Å². The van der Waals surface area contributed by atoms with E-state index in [0.717, 1.165) is 25.9 Å². The van der Waals surface area contributed by atoms with Crippen LogP contribution in [-0.4, -0.2) is 52.0 Å². The third kappa shape index (κ3) is 7.06. The SMILES string of the molecule is CCC(CC)COCCCNc1nccn(-c2cc(C)c(OCC(=O)O)c(C)n2)c1=O. The van der Waals surface area contributed by atoms with Crippen molar-refractivity contribution in [3.05, 3.63) is 40.1 Å². The first-order valence-corrected chi connectivity index (χ1v) is 10.6. The number of ether oxygens (including phenoxy) is 2. The molecule has 2 aromatic heterocycles. The lowest BCUT2D eigenvalue weighted by molar-refractivity contribution is -0.139. The summed E-state index contributed by atoms with van der Waals surface area (Å²) >= 11 is 0. The molecule has 0 aliphatic heterocycles. The molecule has 0 aliphatic carbocycles. The average molecular weight is 433 g/mol. The van der Waals surface area contributed by atoms with Gasteiger partial charge in [0.05, 0.1) is 5.69 Å². The zero-order chi connectivity index (χ0) is 22.8. The zero-order valence-electron chi connectivity index (χ0n) is 18.7. The molecule has 0 aliphatic rings. The molecule has 0 saturated heterocycles. The van der Waals surface area contributed by atoms with Crippen molar-refractivity contribution in [2.75, 3.05) is 31.7 Å². The number of aryl methyl sites for hydroxylation is 2. The normalized spacial score (nSPS) is 11.0. The van der Waals surface area contributed by atoms with E-state index < -0.39 is 12.6 Å². The smallest absolute Gasteiger partial charge is 0.341 e. The number of carboxylic acid groups (broad SMARTS) is 1. The van der Waals surface area contributed by atoms with Gasteiger partial charge in [-0.15, -0.1) is 0 Å². The number of pyridine rings is 1. The highest BCUT2D eigenvalue weighted by molar-refractivity contribution is 5.68. The first-order valence-electron chi connectivity index (χ1n) is 10.6. The summed E-state index contributed by atoms with van der Waals surface area (Å²) < 4.78 is 12.4. The summed E-state index contributed by atoms with van der Waals surface area (Å²) in [6.07, 6.45) is 6.08. The predicted octanol–water partition coefficient (Wildman–Crippen LogP) is 2.96. The number of carboxylic acids is 1. The largest absolute Gasteiger partial charge is 0.480 e. The molecular weight excluding hydrogens is 400 g/mol. The summed E-state index contributed by atoms with van der Waals surface area (Å²) in [7, 11) is 0. The molecule has 2 N–H and O–H groups in total. The summed E-state index contributed by atoms with van der Waals surface area (Å²) in [5.41, 5.74) is 0.881. The number of hydrogen-bond acceptors (Lipinski definition) is 7. The van der Waals surface area contributed by atoms with Crippen LogP contribution in [0.4, 0.5) is 5.82 Å². The molecule has 9 nitrogen and oxygen atoms in total. The van der Waals surface area contributed by atoms with Crippen LogP contribution in [-0.2, 0) is 9.53 Å². The van der Waals surface area contributed by atoms with E-state index in [0.29, 0.717) is 41.9 Å². The van der Waals surface area contributed by atoms with E-state index in [9.17, 15) is 9.59 Å². The highest BCUT2D eigenvalue weighted by Gasteiger charge is 2.13. The fourth-order valence-electron chi connectivity index (χ4n) is 3.14. The van der Waals surface area contributed by atoms with Crippen LogP contribution in [0.3, 0.4) is 0 Å². The van der Waals surface area contributed by atoms with Gasteiger partial charge in [0.1, 0.15) is 11.6 Å². The molecule has 9 heteroatoms. The summed E-state index contributed by atoms with van der Waals surface area (Å²) in [6, 6.07) is 1.68. The molecule has 0 unspecified atom stereocenters. The molecule has 0 bridgehead atoms. The summed E-state index contributed by atoms with van der Waals surface area (Å²) in [6.45, 7) is 9.33. The van der Waals surface area contributed by atoms with Gasteiger partial charge >= 0.3 is 5.97 Å². The predicted molar refractivity (Wildman–Crippen MR) is 118 cm³/mol. The maximum atomic E-state index is 12.8. The van der Waals surface area contributed by atoms with E-state index >= 15 is 0 Å². The molecular formula is C22H32N4O5. The van der Waals surface area contributed by atoms with Crippen molar-refractivity contribution < 1.29 is 19.4 Å². The number of anilines is 1. The Morgan fingerprint density at radius 2 is 2.03 bits per heavy atom. The van der Waals surface area contributed by atoms with Gasteiger partial charge in [-0.3, -0.25) is 9.36 Å². The standard InChI is InChI=1S/C22H32N4O5/c1-5-17(6-2)13-30-11-7-8-23-21-22(29)26(10-9-24-21)18-12-15(3)20(16(4)25-18)31-14-19(27)28/h9-10,12,17H,5-8,11,13-14H2,1-4H3,(H,23,24)(H,27,28). The van der Waals surface area contributed by atoms with Gasteiger partial charge in [-0.25, -0.2) is 14.8 Å². The average Bonchev–Trinajstić information content (AvgIpc) is 2.73. The van der Waals surface area contributed by atoms with Gasteiger partial charge in [-0.1, -0.05) is 26.7 Å². The van der Waals surface area contributed by atoms with E-state index in [1.165, 1.54) is 10.8 Å². The van der Waals surface area contributed by atoms with Crippen LogP contribution in [0.1, 0.15) is 44.4 Å². The Morgan fingerprint density at radius 1 is 1.29 bits per heavy atom. The Morgan fingerprint density at radius 3 is 2.68 bits per heavy atom. The van der Waals surface area contributed by atoms with Crippen LogP contribution in [0.25, 0.3) is 5.82 Å². The highest BCUT2D eigenvalue weighted by Crippen LogP contribution is 2.23. The third-order valence-electron chi connectivity index (χ3n) is 5.01. The minimum atomic E-state index is -1.06. The Hall–Kier alpha value is -2.94. The van der Waals surface area contributed by atoms with E-state index in [1.54, 1.807) is 26.1 Å². The minimum Gasteiger partial charge on any atom is -0.480 e. The van der Waals surface area contributed by atoms with Crippen LogP contribution < -0.4 is 15.6 Å². The maximum Gasteiger partial charge on any atom is 0.341 e. The number of aromatic nitrogens is 3. The van der Waals surface area contributed by atoms with Crippen LogP contribution in [0.5, 0.6) is 5.75 Å². The monoisotopic (exact) mass is 432 g/mol. The molecule has 2 aromatic rings. The molecule has 0 atom stereocenters. The summed E-state index contributed by atoms with van der Waals surface area (Å²) in [5, 5.41) is 11.9. The quantitative estimate of drug-likeness (QED) is 0.464. The molecule has 0 saturated carbocycles. The Balaban J connectivity index is 2.02. The van der Waals surface area contributed by atoms with Crippen molar-refractivity contribution in [1.29, 1.82) is 0 Å². The Labute approximate surface area is 182 Å². The molecule has 31 heavy (non-hydrogen) atoms. The zero-order valence-corrected chi connectivity index (χ0v) is 18.7. The number of rotatable bonds is 13. The highest BCUT2D eigenvalue weighted by atomic mass is 16.5. The van der Waals surface area contributed by atoms with E-state index in [4.69, 9.17) is 14.6 Å².